The van der Waals surface area contributed by atoms with Crippen molar-refractivity contribution in [1.29, 1.82) is 0 Å². The topological polar surface area (TPSA) is 72.2 Å². The molecule has 0 bridgehead atoms. The standard InChI is InChI=1S/C16H39NO5Si3/c1-18-16-13(17)15(22-25(8,9)10)14(21-24(5,6)7)12(20-16)11-19-23(2,3)4/h12-16H,11,17H2,1-10H3/t12-,13-,14-,15-,16-/m1/s1. The molecule has 1 rings (SSSR count). The van der Waals surface area contributed by atoms with Crippen molar-refractivity contribution in [2.45, 2.75) is 89.6 Å². The molecule has 1 aliphatic rings. The lowest BCUT2D eigenvalue weighted by molar-refractivity contribution is -0.250. The fourth-order valence-electron chi connectivity index (χ4n) is 2.71. The van der Waals surface area contributed by atoms with Gasteiger partial charge in [-0.25, -0.2) is 0 Å². The average Bonchev–Trinajstić information content (AvgIpc) is 2.38. The van der Waals surface area contributed by atoms with Crippen molar-refractivity contribution >= 4 is 25.0 Å². The van der Waals surface area contributed by atoms with Crippen molar-refractivity contribution in [3.63, 3.8) is 0 Å². The summed E-state index contributed by atoms with van der Waals surface area (Å²) in [5, 5.41) is 0. The molecule has 150 valence electrons. The third kappa shape index (κ3) is 8.31. The minimum atomic E-state index is -1.83. The molecule has 1 heterocycles. The number of rotatable bonds is 8. The summed E-state index contributed by atoms with van der Waals surface area (Å²) in [5.41, 5.74) is 6.44. The summed E-state index contributed by atoms with van der Waals surface area (Å²) in [6.45, 7) is 20.0. The van der Waals surface area contributed by atoms with Crippen LogP contribution in [0.1, 0.15) is 0 Å². The average molecular weight is 410 g/mol. The molecule has 1 saturated heterocycles. The fourth-order valence-corrected chi connectivity index (χ4v) is 5.58. The number of methoxy groups -OCH3 is 1. The van der Waals surface area contributed by atoms with E-state index in [4.69, 9.17) is 28.5 Å². The minimum Gasteiger partial charge on any atom is -0.415 e. The first-order chi connectivity index (χ1) is 11.1. The number of ether oxygens (including phenoxy) is 2. The third-order valence-electron chi connectivity index (χ3n) is 3.58. The van der Waals surface area contributed by atoms with Gasteiger partial charge in [0.2, 0.25) is 0 Å². The van der Waals surface area contributed by atoms with Crippen LogP contribution in [0.3, 0.4) is 0 Å². The first-order valence-corrected chi connectivity index (χ1v) is 19.3. The summed E-state index contributed by atoms with van der Waals surface area (Å²) in [6.07, 6.45) is -1.26. The van der Waals surface area contributed by atoms with Crippen molar-refractivity contribution in [2.24, 2.45) is 5.73 Å². The van der Waals surface area contributed by atoms with Gasteiger partial charge in [0.25, 0.3) is 0 Å². The third-order valence-corrected chi connectivity index (χ3v) is 6.58. The van der Waals surface area contributed by atoms with Crippen molar-refractivity contribution in [3.8, 4) is 0 Å². The van der Waals surface area contributed by atoms with Gasteiger partial charge in [-0.2, -0.15) is 0 Å². The highest BCUT2D eigenvalue weighted by molar-refractivity contribution is 6.70. The molecule has 0 aliphatic carbocycles. The Morgan fingerprint density at radius 3 is 1.68 bits per heavy atom. The van der Waals surface area contributed by atoms with E-state index in [9.17, 15) is 0 Å². The zero-order valence-corrected chi connectivity index (χ0v) is 20.7. The lowest BCUT2D eigenvalue weighted by Gasteiger charge is -2.48. The second-order valence-corrected chi connectivity index (χ2v) is 23.1. The highest BCUT2D eigenvalue weighted by Gasteiger charge is 2.48. The molecule has 25 heavy (non-hydrogen) atoms. The molecular formula is C16H39NO5Si3. The maximum Gasteiger partial charge on any atom is 0.184 e. The minimum absolute atomic E-state index is 0.240. The lowest BCUT2D eigenvalue weighted by atomic mass is 9.98. The Kier molecular flexibility index (Phi) is 8.08. The fraction of sp³-hybridized carbons (Fsp3) is 1.00. The van der Waals surface area contributed by atoms with Crippen molar-refractivity contribution in [2.75, 3.05) is 13.7 Å². The van der Waals surface area contributed by atoms with E-state index in [1.54, 1.807) is 7.11 Å². The molecule has 0 saturated carbocycles. The van der Waals surface area contributed by atoms with Gasteiger partial charge >= 0.3 is 0 Å². The zero-order valence-electron chi connectivity index (χ0n) is 17.7. The Morgan fingerprint density at radius 1 is 0.800 bits per heavy atom. The predicted octanol–water partition coefficient (Wildman–Crippen LogP) is 2.98. The van der Waals surface area contributed by atoms with Gasteiger partial charge in [-0.1, -0.05) is 0 Å². The van der Waals surface area contributed by atoms with E-state index in [0.29, 0.717) is 6.61 Å². The molecule has 0 radical (unpaired) electrons. The number of hydrogen-bond donors (Lipinski definition) is 1. The van der Waals surface area contributed by atoms with Crippen molar-refractivity contribution < 1.29 is 22.8 Å². The highest BCUT2D eigenvalue weighted by atomic mass is 28.4. The SMILES string of the molecule is CO[C@@H]1O[C@H](CO[Si](C)(C)C)[C@@H](O[Si](C)(C)C)[C@H](O[Si](C)(C)C)[C@H]1N. The molecule has 0 amide bonds. The number of hydrogen-bond acceptors (Lipinski definition) is 6. The van der Waals surface area contributed by atoms with Gasteiger partial charge in [0.05, 0.1) is 18.8 Å². The van der Waals surface area contributed by atoms with Gasteiger partial charge in [0, 0.05) is 7.11 Å². The van der Waals surface area contributed by atoms with Crippen LogP contribution < -0.4 is 5.73 Å². The normalized spacial score (nSPS) is 32.0. The summed E-state index contributed by atoms with van der Waals surface area (Å²) < 4.78 is 30.7. The summed E-state index contributed by atoms with van der Waals surface area (Å²) in [6, 6.07) is -0.388. The van der Waals surface area contributed by atoms with Gasteiger partial charge in [0.1, 0.15) is 12.2 Å². The van der Waals surface area contributed by atoms with E-state index >= 15 is 0 Å². The van der Waals surface area contributed by atoms with Crippen molar-refractivity contribution in [1.82, 2.24) is 0 Å². The maximum atomic E-state index is 6.49. The Balaban J connectivity index is 3.11. The molecule has 2 N–H and O–H groups in total. The summed E-state index contributed by atoms with van der Waals surface area (Å²) in [7, 11) is -3.71. The second-order valence-electron chi connectivity index (χ2n) is 9.67. The molecule has 6 nitrogen and oxygen atoms in total. The van der Waals surface area contributed by atoms with Crippen LogP contribution in [-0.2, 0) is 22.8 Å². The van der Waals surface area contributed by atoms with Crippen LogP contribution in [0.4, 0.5) is 0 Å². The molecule has 1 fully saturated rings. The molecule has 0 aromatic carbocycles. The van der Waals surface area contributed by atoms with Gasteiger partial charge < -0.3 is 28.5 Å². The maximum absolute atomic E-state index is 6.49. The summed E-state index contributed by atoms with van der Waals surface area (Å²) in [5.74, 6) is 0. The first-order valence-electron chi connectivity index (χ1n) is 9.06. The molecule has 1 aliphatic heterocycles. The summed E-state index contributed by atoms with van der Waals surface area (Å²) >= 11 is 0. The highest BCUT2D eigenvalue weighted by Crippen LogP contribution is 2.30. The molecule has 0 aromatic heterocycles. The Hall–Kier alpha value is 0.411. The van der Waals surface area contributed by atoms with E-state index in [1.807, 2.05) is 0 Å². The van der Waals surface area contributed by atoms with E-state index in [1.165, 1.54) is 0 Å². The quantitative estimate of drug-likeness (QED) is 0.621. The van der Waals surface area contributed by atoms with E-state index in [0.717, 1.165) is 0 Å². The van der Waals surface area contributed by atoms with Crippen LogP contribution in [0.15, 0.2) is 0 Å². The zero-order chi connectivity index (χ0) is 19.6. The van der Waals surface area contributed by atoms with Gasteiger partial charge in [-0.05, 0) is 58.9 Å². The predicted molar refractivity (Wildman–Crippen MR) is 109 cm³/mol. The molecule has 0 aromatic rings. The lowest BCUT2D eigenvalue weighted by Crippen LogP contribution is -2.67. The van der Waals surface area contributed by atoms with E-state index < -0.39 is 31.2 Å². The van der Waals surface area contributed by atoms with Crippen LogP contribution in [0, 0.1) is 0 Å². The Bertz CT molecular complexity index is 419. The van der Waals surface area contributed by atoms with E-state index in [-0.39, 0.29) is 24.4 Å². The van der Waals surface area contributed by atoms with Crippen LogP contribution in [0.5, 0.6) is 0 Å². The van der Waals surface area contributed by atoms with Crippen LogP contribution >= 0.6 is 0 Å². The van der Waals surface area contributed by atoms with Crippen LogP contribution in [0.25, 0.3) is 0 Å². The monoisotopic (exact) mass is 409 g/mol. The molecular weight excluding hydrogens is 370 g/mol. The Labute approximate surface area is 157 Å². The molecule has 0 unspecified atom stereocenters. The Morgan fingerprint density at radius 2 is 1.28 bits per heavy atom. The largest absolute Gasteiger partial charge is 0.415 e. The summed E-state index contributed by atoms with van der Waals surface area (Å²) in [4.78, 5) is 0. The van der Waals surface area contributed by atoms with Gasteiger partial charge in [-0.15, -0.1) is 0 Å². The molecule has 5 atom stereocenters. The van der Waals surface area contributed by atoms with Gasteiger partial charge in [0.15, 0.2) is 31.2 Å². The van der Waals surface area contributed by atoms with Crippen molar-refractivity contribution in [3.05, 3.63) is 0 Å². The van der Waals surface area contributed by atoms with Crippen LogP contribution in [-0.4, -0.2) is 69.3 Å². The van der Waals surface area contributed by atoms with Crippen LogP contribution in [0.2, 0.25) is 58.9 Å². The van der Waals surface area contributed by atoms with E-state index in [2.05, 4.69) is 58.9 Å². The smallest absolute Gasteiger partial charge is 0.184 e. The second kappa shape index (κ2) is 8.61. The molecule has 0 spiro atoms. The first kappa shape index (κ1) is 23.5. The number of nitrogens with two attached hydrogens (primary N) is 1. The molecule has 9 heteroatoms. The van der Waals surface area contributed by atoms with Gasteiger partial charge in [-0.3, -0.25) is 0 Å².